The molecule has 4 nitrogen and oxygen atoms in total. The third-order valence-corrected chi connectivity index (χ3v) is 4.16. The molecule has 1 N–H and O–H groups in total. The monoisotopic (exact) mass is 291 g/mol. The Morgan fingerprint density at radius 1 is 1.50 bits per heavy atom. The van der Waals surface area contributed by atoms with Crippen molar-refractivity contribution in [2.75, 3.05) is 19.6 Å². The van der Waals surface area contributed by atoms with Gasteiger partial charge in [0, 0.05) is 19.1 Å². The number of likely N-dealkylation sites (tertiary alicyclic amines) is 1. The summed E-state index contributed by atoms with van der Waals surface area (Å²) in [6, 6.07) is 7.79. The van der Waals surface area contributed by atoms with Crippen LogP contribution in [0.5, 0.6) is 0 Å². The Morgan fingerprint density at radius 3 is 2.85 bits per heavy atom. The molecule has 20 heavy (non-hydrogen) atoms. The Bertz CT molecular complexity index is 530. The number of nitrogens with one attached hydrogen (secondary N) is 1. The molecule has 0 atom stereocenters. The van der Waals surface area contributed by atoms with Crippen LogP contribution in [0, 0.1) is 18.3 Å². The van der Waals surface area contributed by atoms with E-state index in [9.17, 15) is 4.79 Å². The highest BCUT2D eigenvalue weighted by Crippen LogP contribution is 2.20. The largest absolute Gasteiger partial charge is 0.349 e. The molecule has 0 spiro atoms. The van der Waals surface area contributed by atoms with Gasteiger partial charge in [-0.3, -0.25) is 9.69 Å². The lowest BCUT2D eigenvalue weighted by molar-refractivity contribution is 0.0914. The van der Waals surface area contributed by atoms with Gasteiger partial charge in [-0.25, -0.2) is 0 Å². The Hall–Kier alpha value is -1.57. The fraction of sp³-hybridized carbons (Fsp3) is 0.467. The smallest absolute Gasteiger partial charge is 0.253 e. The highest BCUT2D eigenvalue weighted by atomic mass is 35.5. The zero-order valence-electron chi connectivity index (χ0n) is 11.5. The van der Waals surface area contributed by atoms with Gasteiger partial charge >= 0.3 is 0 Å². The van der Waals surface area contributed by atoms with Crippen molar-refractivity contribution in [2.45, 2.75) is 25.8 Å². The van der Waals surface area contributed by atoms with Crippen molar-refractivity contribution in [3.05, 3.63) is 34.3 Å². The molecule has 0 aromatic heterocycles. The average molecular weight is 292 g/mol. The van der Waals surface area contributed by atoms with Crippen LogP contribution in [0.2, 0.25) is 5.02 Å². The van der Waals surface area contributed by atoms with E-state index in [0.717, 1.165) is 31.5 Å². The number of carbonyl (C=O) groups is 1. The predicted octanol–water partition coefficient (Wildman–Crippen LogP) is 2.37. The average Bonchev–Trinajstić information content (AvgIpc) is 2.44. The van der Waals surface area contributed by atoms with Gasteiger partial charge in [0.2, 0.25) is 0 Å². The van der Waals surface area contributed by atoms with E-state index in [1.165, 1.54) is 0 Å². The van der Waals surface area contributed by atoms with E-state index >= 15 is 0 Å². The molecule has 1 fully saturated rings. The minimum Gasteiger partial charge on any atom is -0.349 e. The predicted molar refractivity (Wildman–Crippen MR) is 78.7 cm³/mol. The second-order valence-corrected chi connectivity index (χ2v) is 5.50. The standard InChI is InChI=1S/C15H18ClN3O/c1-11-3-2-4-13(14(11)16)15(20)18-12-5-8-19(9-6-12)10-7-17/h2-4,12H,5-6,8-10H2,1H3,(H,18,20). The van der Waals surface area contributed by atoms with E-state index in [-0.39, 0.29) is 11.9 Å². The van der Waals surface area contributed by atoms with E-state index in [1.54, 1.807) is 6.07 Å². The molecule has 0 radical (unpaired) electrons. The Morgan fingerprint density at radius 2 is 2.20 bits per heavy atom. The van der Waals surface area contributed by atoms with Crippen molar-refractivity contribution in [1.29, 1.82) is 5.26 Å². The lowest BCUT2D eigenvalue weighted by Gasteiger charge is -2.30. The molecule has 5 heteroatoms. The molecule has 1 aliphatic rings. The Kier molecular flexibility index (Phi) is 4.99. The molecule has 1 aliphatic heterocycles. The zero-order chi connectivity index (χ0) is 14.5. The third-order valence-electron chi connectivity index (χ3n) is 3.65. The van der Waals surface area contributed by atoms with Crippen molar-refractivity contribution in [3.8, 4) is 6.07 Å². The van der Waals surface area contributed by atoms with Gasteiger partial charge in [-0.05, 0) is 31.4 Å². The van der Waals surface area contributed by atoms with Gasteiger partial charge in [0.15, 0.2) is 0 Å². The molecule has 0 saturated carbocycles. The van der Waals surface area contributed by atoms with Gasteiger partial charge in [0.1, 0.15) is 0 Å². The summed E-state index contributed by atoms with van der Waals surface area (Å²) >= 11 is 6.17. The van der Waals surface area contributed by atoms with E-state index in [2.05, 4.69) is 16.3 Å². The quantitative estimate of drug-likeness (QED) is 0.870. The number of amides is 1. The first-order chi connectivity index (χ1) is 9.61. The van der Waals surface area contributed by atoms with Crippen LogP contribution < -0.4 is 5.32 Å². The number of halogens is 1. The topological polar surface area (TPSA) is 56.1 Å². The van der Waals surface area contributed by atoms with Crippen LogP contribution in [0.15, 0.2) is 18.2 Å². The summed E-state index contributed by atoms with van der Waals surface area (Å²) < 4.78 is 0. The highest BCUT2D eigenvalue weighted by molar-refractivity contribution is 6.34. The summed E-state index contributed by atoms with van der Waals surface area (Å²) in [4.78, 5) is 14.3. The van der Waals surface area contributed by atoms with E-state index in [4.69, 9.17) is 16.9 Å². The molecule has 1 saturated heterocycles. The molecule has 2 rings (SSSR count). The fourth-order valence-corrected chi connectivity index (χ4v) is 2.63. The summed E-state index contributed by atoms with van der Waals surface area (Å²) in [6.07, 6.45) is 1.74. The Balaban J connectivity index is 1.93. The summed E-state index contributed by atoms with van der Waals surface area (Å²) in [5.41, 5.74) is 1.44. The Labute approximate surface area is 124 Å². The molecule has 0 bridgehead atoms. The maximum Gasteiger partial charge on any atom is 0.253 e. The molecule has 1 aromatic carbocycles. The lowest BCUT2D eigenvalue weighted by Crippen LogP contribution is -2.44. The second-order valence-electron chi connectivity index (χ2n) is 5.12. The van der Waals surface area contributed by atoms with Gasteiger partial charge < -0.3 is 5.32 Å². The minimum absolute atomic E-state index is 0.113. The first-order valence-electron chi connectivity index (χ1n) is 6.77. The van der Waals surface area contributed by atoms with Gasteiger partial charge in [-0.2, -0.15) is 5.26 Å². The molecule has 0 unspecified atom stereocenters. The summed E-state index contributed by atoms with van der Waals surface area (Å²) in [6.45, 7) is 4.05. The number of nitrogens with zero attached hydrogens (tertiary/aromatic N) is 2. The first-order valence-corrected chi connectivity index (χ1v) is 7.15. The highest BCUT2D eigenvalue weighted by Gasteiger charge is 2.21. The van der Waals surface area contributed by atoms with Gasteiger partial charge in [-0.1, -0.05) is 23.7 Å². The van der Waals surface area contributed by atoms with Gasteiger partial charge in [0.25, 0.3) is 5.91 Å². The fourth-order valence-electron chi connectivity index (χ4n) is 2.42. The molecular weight excluding hydrogens is 274 g/mol. The SMILES string of the molecule is Cc1cccc(C(=O)NC2CCN(CC#N)CC2)c1Cl. The van der Waals surface area contributed by atoms with Crippen molar-refractivity contribution in [1.82, 2.24) is 10.2 Å². The summed E-state index contributed by atoms with van der Waals surface area (Å²) in [7, 11) is 0. The maximum absolute atomic E-state index is 12.2. The van der Waals surface area contributed by atoms with Crippen molar-refractivity contribution < 1.29 is 4.79 Å². The van der Waals surface area contributed by atoms with E-state index < -0.39 is 0 Å². The van der Waals surface area contributed by atoms with Crippen LogP contribution in [0.4, 0.5) is 0 Å². The molecule has 0 aliphatic carbocycles. The number of piperidine rings is 1. The molecule has 1 amide bonds. The van der Waals surface area contributed by atoms with Gasteiger partial charge in [-0.15, -0.1) is 0 Å². The molecule has 106 valence electrons. The minimum atomic E-state index is -0.113. The normalized spacial score (nSPS) is 16.6. The summed E-state index contributed by atoms with van der Waals surface area (Å²) in [5, 5.41) is 12.2. The number of hydrogen-bond donors (Lipinski definition) is 1. The van der Waals surface area contributed by atoms with Crippen LogP contribution in [-0.2, 0) is 0 Å². The lowest BCUT2D eigenvalue weighted by atomic mass is 10.0. The summed E-state index contributed by atoms with van der Waals surface area (Å²) in [5.74, 6) is -0.113. The van der Waals surface area contributed by atoms with Crippen LogP contribution in [0.25, 0.3) is 0 Å². The zero-order valence-corrected chi connectivity index (χ0v) is 12.3. The third kappa shape index (κ3) is 3.50. The molecule has 1 heterocycles. The molecular formula is C15H18ClN3O. The number of hydrogen-bond acceptors (Lipinski definition) is 3. The van der Waals surface area contributed by atoms with Crippen molar-refractivity contribution in [3.63, 3.8) is 0 Å². The number of aryl methyl sites for hydroxylation is 1. The number of rotatable bonds is 3. The van der Waals surface area contributed by atoms with Crippen LogP contribution in [0.3, 0.4) is 0 Å². The van der Waals surface area contributed by atoms with Crippen LogP contribution in [0.1, 0.15) is 28.8 Å². The second kappa shape index (κ2) is 6.74. The van der Waals surface area contributed by atoms with Crippen LogP contribution in [-0.4, -0.2) is 36.5 Å². The van der Waals surface area contributed by atoms with Crippen LogP contribution >= 0.6 is 11.6 Å². The van der Waals surface area contributed by atoms with E-state index in [1.807, 2.05) is 19.1 Å². The number of nitriles is 1. The van der Waals surface area contributed by atoms with Crippen molar-refractivity contribution >= 4 is 17.5 Å². The number of carbonyl (C=O) groups excluding carboxylic acids is 1. The maximum atomic E-state index is 12.2. The van der Waals surface area contributed by atoms with E-state index in [0.29, 0.717) is 17.1 Å². The first kappa shape index (κ1) is 14.8. The number of benzene rings is 1. The van der Waals surface area contributed by atoms with Crippen molar-refractivity contribution in [2.24, 2.45) is 0 Å². The van der Waals surface area contributed by atoms with Gasteiger partial charge in [0.05, 0.1) is 23.2 Å². The molecule has 1 aromatic rings.